The first kappa shape index (κ1) is 18.2. The number of benzene rings is 2. The van der Waals surface area contributed by atoms with Crippen molar-refractivity contribution in [3.63, 3.8) is 0 Å². The number of carbonyl (C=O) groups is 2. The quantitative estimate of drug-likeness (QED) is 0.550. The summed E-state index contributed by atoms with van der Waals surface area (Å²) in [6.07, 6.45) is 0. The number of amides is 1. The molecule has 0 radical (unpaired) electrons. The molecule has 0 aliphatic carbocycles. The van der Waals surface area contributed by atoms with Crippen molar-refractivity contribution in [2.24, 2.45) is 0 Å². The molecule has 1 heterocycles. The van der Waals surface area contributed by atoms with Crippen LogP contribution < -0.4 is 15.7 Å². The van der Waals surface area contributed by atoms with Crippen molar-refractivity contribution in [1.29, 1.82) is 0 Å². The number of methoxy groups -OCH3 is 1. The molecule has 0 spiro atoms. The molecule has 7 heteroatoms. The molecule has 7 nitrogen and oxygen atoms in total. The van der Waals surface area contributed by atoms with Gasteiger partial charge < -0.3 is 19.2 Å². The molecule has 1 aromatic heterocycles. The summed E-state index contributed by atoms with van der Waals surface area (Å²) in [6.45, 7) is 1.28. The summed E-state index contributed by atoms with van der Waals surface area (Å²) in [6, 6.07) is 12.8. The van der Waals surface area contributed by atoms with E-state index in [1.54, 1.807) is 42.5 Å². The third-order valence-electron chi connectivity index (χ3n) is 3.81. The lowest BCUT2D eigenvalue weighted by Crippen LogP contribution is -2.09. The van der Waals surface area contributed by atoms with Crippen molar-refractivity contribution in [3.8, 4) is 5.75 Å². The van der Waals surface area contributed by atoms with Gasteiger partial charge in [-0.05, 0) is 30.3 Å². The molecule has 0 aliphatic rings. The maximum absolute atomic E-state index is 12.3. The van der Waals surface area contributed by atoms with Crippen molar-refractivity contribution in [2.45, 2.75) is 13.5 Å². The van der Waals surface area contributed by atoms with E-state index in [0.717, 1.165) is 0 Å². The van der Waals surface area contributed by atoms with E-state index in [4.69, 9.17) is 13.9 Å². The Morgan fingerprint density at radius 1 is 1.11 bits per heavy atom. The SMILES string of the molecule is COc1cccc(C(=O)OCc2cc(=O)oc3cc(NC(C)=O)ccc23)c1. The van der Waals surface area contributed by atoms with Crippen LogP contribution in [0.2, 0.25) is 0 Å². The van der Waals surface area contributed by atoms with E-state index in [-0.39, 0.29) is 12.5 Å². The summed E-state index contributed by atoms with van der Waals surface area (Å²) in [5, 5.41) is 3.23. The van der Waals surface area contributed by atoms with Crippen LogP contribution in [-0.4, -0.2) is 19.0 Å². The summed E-state index contributed by atoms with van der Waals surface area (Å²) in [5.41, 5.74) is 1.07. The van der Waals surface area contributed by atoms with Gasteiger partial charge in [0.15, 0.2) is 0 Å². The average molecular weight is 367 g/mol. The number of fused-ring (bicyclic) bond motifs is 1. The van der Waals surface area contributed by atoms with Crippen LogP contribution >= 0.6 is 0 Å². The molecule has 3 aromatic rings. The Balaban J connectivity index is 1.84. The fraction of sp³-hybridized carbons (Fsp3) is 0.150. The van der Waals surface area contributed by atoms with Gasteiger partial charge in [-0.25, -0.2) is 9.59 Å². The summed E-state index contributed by atoms with van der Waals surface area (Å²) in [7, 11) is 1.51. The highest BCUT2D eigenvalue weighted by atomic mass is 16.5. The van der Waals surface area contributed by atoms with Crippen LogP contribution in [0.15, 0.2) is 57.7 Å². The van der Waals surface area contributed by atoms with Crippen LogP contribution in [0.1, 0.15) is 22.8 Å². The Labute approximate surface area is 154 Å². The summed E-state index contributed by atoms with van der Waals surface area (Å²) in [4.78, 5) is 35.3. The summed E-state index contributed by atoms with van der Waals surface area (Å²) >= 11 is 0. The second kappa shape index (κ2) is 7.74. The molecule has 0 bridgehead atoms. The predicted molar refractivity (Wildman–Crippen MR) is 98.9 cm³/mol. The third-order valence-corrected chi connectivity index (χ3v) is 3.81. The van der Waals surface area contributed by atoms with Crippen LogP contribution in [0.25, 0.3) is 11.0 Å². The lowest BCUT2D eigenvalue weighted by atomic mass is 10.1. The van der Waals surface area contributed by atoms with Gasteiger partial charge >= 0.3 is 11.6 Å². The number of ether oxygens (including phenoxy) is 2. The minimum Gasteiger partial charge on any atom is -0.497 e. The molecule has 0 saturated heterocycles. The van der Waals surface area contributed by atoms with Crippen LogP contribution in [-0.2, 0) is 16.1 Å². The minimum absolute atomic E-state index is 0.0996. The molecule has 138 valence electrons. The van der Waals surface area contributed by atoms with E-state index in [2.05, 4.69) is 5.32 Å². The largest absolute Gasteiger partial charge is 0.497 e. The van der Waals surface area contributed by atoms with Crippen molar-refractivity contribution < 1.29 is 23.5 Å². The van der Waals surface area contributed by atoms with Crippen LogP contribution in [0, 0.1) is 0 Å². The van der Waals surface area contributed by atoms with E-state index >= 15 is 0 Å². The zero-order valence-electron chi connectivity index (χ0n) is 14.8. The highest BCUT2D eigenvalue weighted by molar-refractivity contribution is 5.92. The van der Waals surface area contributed by atoms with Gasteiger partial charge in [0.25, 0.3) is 0 Å². The molecule has 0 atom stereocenters. The lowest BCUT2D eigenvalue weighted by Gasteiger charge is -2.09. The lowest BCUT2D eigenvalue weighted by molar-refractivity contribution is -0.114. The first-order valence-corrected chi connectivity index (χ1v) is 8.12. The van der Waals surface area contributed by atoms with Crippen molar-refractivity contribution >= 4 is 28.5 Å². The van der Waals surface area contributed by atoms with Gasteiger partial charge in [-0.3, -0.25) is 4.79 Å². The Morgan fingerprint density at radius 2 is 1.93 bits per heavy atom. The Morgan fingerprint density at radius 3 is 2.67 bits per heavy atom. The highest BCUT2D eigenvalue weighted by Gasteiger charge is 2.12. The predicted octanol–water partition coefficient (Wildman–Crippen LogP) is 3.12. The van der Waals surface area contributed by atoms with E-state index < -0.39 is 11.6 Å². The average Bonchev–Trinajstić information content (AvgIpc) is 2.65. The number of nitrogens with one attached hydrogen (secondary N) is 1. The van der Waals surface area contributed by atoms with E-state index in [0.29, 0.717) is 33.5 Å². The molecular weight excluding hydrogens is 350 g/mol. The van der Waals surface area contributed by atoms with Gasteiger partial charge in [0, 0.05) is 35.7 Å². The van der Waals surface area contributed by atoms with Gasteiger partial charge in [0.2, 0.25) is 5.91 Å². The van der Waals surface area contributed by atoms with Crippen molar-refractivity contribution in [1.82, 2.24) is 0 Å². The number of hydrogen-bond donors (Lipinski definition) is 1. The topological polar surface area (TPSA) is 94.8 Å². The third kappa shape index (κ3) is 4.33. The molecule has 0 saturated carbocycles. The monoisotopic (exact) mass is 367 g/mol. The Kier molecular flexibility index (Phi) is 5.21. The fourth-order valence-corrected chi connectivity index (χ4v) is 2.61. The molecule has 1 amide bonds. The molecule has 2 aromatic carbocycles. The Bertz CT molecular complexity index is 1070. The second-order valence-electron chi connectivity index (χ2n) is 5.79. The van der Waals surface area contributed by atoms with E-state index in [1.165, 1.54) is 20.1 Å². The molecule has 0 aliphatic heterocycles. The molecular formula is C20H17NO6. The zero-order chi connectivity index (χ0) is 19.4. The standard InChI is InChI=1S/C20H17NO6/c1-12(22)21-15-6-7-17-14(9-19(23)27-18(17)10-15)11-26-20(24)13-4-3-5-16(8-13)25-2/h3-10H,11H2,1-2H3,(H,21,22). The molecule has 0 fully saturated rings. The second-order valence-corrected chi connectivity index (χ2v) is 5.79. The maximum atomic E-state index is 12.3. The van der Waals surface area contributed by atoms with Crippen LogP contribution in [0.5, 0.6) is 5.75 Å². The smallest absolute Gasteiger partial charge is 0.338 e. The van der Waals surface area contributed by atoms with Gasteiger partial charge in [0.1, 0.15) is 17.9 Å². The molecule has 27 heavy (non-hydrogen) atoms. The molecule has 3 rings (SSSR count). The molecule has 0 unspecified atom stereocenters. The normalized spacial score (nSPS) is 10.4. The van der Waals surface area contributed by atoms with Crippen molar-refractivity contribution in [3.05, 3.63) is 70.1 Å². The Hall–Kier alpha value is -3.61. The number of carbonyl (C=O) groups excluding carboxylic acids is 2. The van der Waals surface area contributed by atoms with Crippen LogP contribution in [0.4, 0.5) is 5.69 Å². The first-order chi connectivity index (χ1) is 13.0. The number of esters is 1. The van der Waals surface area contributed by atoms with Gasteiger partial charge in [-0.2, -0.15) is 0 Å². The maximum Gasteiger partial charge on any atom is 0.338 e. The van der Waals surface area contributed by atoms with E-state index in [9.17, 15) is 14.4 Å². The van der Waals surface area contributed by atoms with Gasteiger partial charge in [-0.15, -0.1) is 0 Å². The number of rotatable bonds is 5. The van der Waals surface area contributed by atoms with Gasteiger partial charge in [0.05, 0.1) is 12.7 Å². The van der Waals surface area contributed by atoms with Crippen molar-refractivity contribution in [2.75, 3.05) is 12.4 Å². The number of anilines is 1. The zero-order valence-corrected chi connectivity index (χ0v) is 14.8. The first-order valence-electron chi connectivity index (χ1n) is 8.12. The van der Waals surface area contributed by atoms with Crippen LogP contribution in [0.3, 0.4) is 0 Å². The number of hydrogen-bond acceptors (Lipinski definition) is 6. The van der Waals surface area contributed by atoms with Gasteiger partial charge in [-0.1, -0.05) is 6.07 Å². The molecule has 1 N–H and O–H groups in total. The fourth-order valence-electron chi connectivity index (χ4n) is 2.61. The highest BCUT2D eigenvalue weighted by Crippen LogP contribution is 2.22. The summed E-state index contributed by atoms with van der Waals surface area (Å²) < 4.78 is 15.6. The summed E-state index contributed by atoms with van der Waals surface area (Å²) in [5.74, 6) is -0.231. The minimum atomic E-state index is -0.574. The van der Waals surface area contributed by atoms with E-state index in [1.807, 2.05) is 0 Å².